The van der Waals surface area contributed by atoms with Crippen molar-refractivity contribution in [1.82, 2.24) is 67.7 Å². The minimum Gasteiger partial charge on any atom is -0.493 e. The summed E-state index contributed by atoms with van der Waals surface area (Å²) in [6, 6.07) is 29.0. The van der Waals surface area contributed by atoms with Crippen molar-refractivity contribution in [2.45, 2.75) is 90.2 Å². The van der Waals surface area contributed by atoms with E-state index < -0.39 is 114 Å². The fourth-order valence-electron chi connectivity index (χ4n) is 16.0. The van der Waals surface area contributed by atoms with Crippen LogP contribution in [0.3, 0.4) is 0 Å². The smallest absolute Gasteiger partial charge is 0.421 e. The molecular formula is C94H107BrClFN14O27S5. The van der Waals surface area contributed by atoms with Crippen molar-refractivity contribution < 1.29 is 103 Å². The van der Waals surface area contributed by atoms with E-state index in [2.05, 4.69) is 60.8 Å². The summed E-state index contributed by atoms with van der Waals surface area (Å²) in [5, 5.41) is 9.66. The molecule has 5 N–H and O–H groups in total. The van der Waals surface area contributed by atoms with Gasteiger partial charge in [0.25, 0.3) is 0 Å². The normalized spacial score (nSPS) is 13.4. The van der Waals surface area contributed by atoms with E-state index in [0.29, 0.717) is 173 Å². The van der Waals surface area contributed by atoms with Gasteiger partial charge in [-0.15, -0.1) is 0 Å². The number of oxazole rings is 1. The fourth-order valence-corrected chi connectivity index (χ4v) is 21.0. The fraction of sp³-hybridized carbons (Fsp3) is 0.362. The van der Waals surface area contributed by atoms with E-state index in [1.807, 2.05) is 40.7 Å². The van der Waals surface area contributed by atoms with Crippen molar-refractivity contribution in [1.29, 1.82) is 0 Å². The second kappa shape index (κ2) is 46.3. The number of nitrogens with zero attached hydrogens (tertiary/aromatic N) is 10. The van der Waals surface area contributed by atoms with E-state index in [0.717, 1.165) is 61.9 Å². The number of nitrogens with one attached hydrogen (secondary N) is 4. The SMILES string of the molecule is CCOc1cc(C(CS(C)(=O)=O)n2c(=O)[nH]c3cc(C4CC4)cnc32)ccc1OC.CCOc1cc(C(CS(C)(=O)=O)n2c(=O)[nH]c3cc(CO)cnc32)ccc1OC.CCOc1cc(C(CS(C)(=O)=O)n2c(=O)[nH]c3cc(Cl)cnc32)ccc1OC.CCOc1cc(C(CS(C)(=O)=O)n2c(=O)[nH]c3cc(F)cnc32)ccc1OC.CCOc1cc(C(CS(C)(=O)=O)n2c(=O)oc3cc(Br)cnc32)ccc1OC. The third-order valence-electron chi connectivity index (χ3n) is 22.1. The van der Waals surface area contributed by atoms with Crippen LogP contribution in [0.2, 0.25) is 5.02 Å². The monoisotopic (exact) mass is 2160 g/mol. The number of aromatic nitrogens is 14. The molecule has 1 aliphatic rings. The second-order valence-electron chi connectivity index (χ2n) is 33.0. The summed E-state index contributed by atoms with van der Waals surface area (Å²) < 4.78 is 202. The van der Waals surface area contributed by atoms with Crippen LogP contribution in [0.25, 0.3) is 55.9 Å². The second-order valence-corrected chi connectivity index (χ2v) is 45.3. The van der Waals surface area contributed by atoms with Gasteiger partial charge in [-0.25, -0.2) is 99.9 Å². The molecule has 0 saturated heterocycles. The van der Waals surface area contributed by atoms with Gasteiger partial charge in [-0.3, -0.25) is 18.3 Å². The average molecular weight is 2160 g/mol. The molecule has 0 aliphatic heterocycles. The van der Waals surface area contributed by atoms with Crippen LogP contribution in [0.4, 0.5) is 4.39 Å². The van der Waals surface area contributed by atoms with Crippen molar-refractivity contribution in [3.05, 3.63) is 259 Å². The summed E-state index contributed by atoms with van der Waals surface area (Å²) in [5.74, 6) is 2.54. The lowest BCUT2D eigenvalue weighted by Crippen LogP contribution is -2.28. The Kier molecular flexibility index (Phi) is 35.1. The summed E-state index contributed by atoms with van der Waals surface area (Å²) in [6.07, 6.45) is 15.0. The van der Waals surface area contributed by atoms with Crippen molar-refractivity contribution in [2.24, 2.45) is 0 Å². The number of imidazole rings is 4. The Bertz CT molecular complexity index is 7680. The van der Waals surface area contributed by atoms with E-state index in [1.165, 1.54) is 77.0 Å². The molecule has 41 nitrogen and oxygen atoms in total. The predicted molar refractivity (Wildman–Crippen MR) is 540 cm³/mol. The number of aliphatic hydroxyl groups excluding tert-OH is 1. The molecule has 1 fully saturated rings. The number of hydrogen-bond donors (Lipinski definition) is 5. The number of sulfone groups is 5. The highest BCUT2D eigenvalue weighted by Crippen LogP contribution is 2.43. The van der Waals surface area contributed by atoms with Crippen LogP contribution in [0.5, 0.6) is 57.5 Å². The third kappa shape index (κ3) is 27.1. The largest absolute Gasteiger partial charge is 0.493 e. The van der Waals surface area contributed by atoms with Crippen LogP contribution in [-0.2, 0) is 55.8 Å². The molecule has 49 heteroatoms. The van der Waals surface area contributed by atoms with Crippen LogP contribution in [0.1, 0.15) is 123 Å². The average Bonchev–Trinajstić information content (AvgIpc) is 1.63. The third-order valence-corrected chi connectivity index (χ3v) is 27.4. The van der Waals surface area contributed by atoms with Gasteiger partial charge in [-0.2, -0.15) is 0 Å². The molecule has 1 aliphatic carbocycles. The van der Waals surface area contributed by atoms with Gasteiger partial charge in [-0.05, 0) is 187 Å². The van der Waals surface area contributed by atoms with Crippen molar-refractivity contribution >= 4 is 133 Å². The molecule has 0 radical (unpaired) electrons. The first-order chi connectivity index (χ1) is 67.8. The van der Waals surface area contributed by atoms with Gasteiger partial charge in [0.15, 0.2) is 91.3 Å². The molecule has 5 atom stereocenters. The molecule has 15 aromatic rings. The number of fused-ring (bicyclic) bond motifs is 5. The lowest BCUT2D eigenvalue weighted by atomic mass is 10.1. The molecule has 0 amide bonds. The van der Waals surface area contributed by atoms with Crippen LogP contribution in [-0.4, -0.2) is 244 Å². The Labute approximate surface area is 833 Å². The van der Waals surface area contributed by atoms with Crippen molar-refractivity contribution in [3.63, 3.8) is 0 Å². The highest BCUT2D eigenvalue weighted by atomic mass is 79.9. The van der Waals surface area contributed by atoms with Gasteiger partial charge in [-0.1, -0.05) is 41.9 Å². The molecule has 10 heterocycles. The number of pyridine rings is 5. The summed E-state index contributed by atoms with van der Waals surface area (Å²) in [4.78, 5) is 95.4. The van der Waals surface area contributed by atoms with Crippen LogP contribution >= 0.6 is 27.5 Å². The van der Waals surface area contributed by atoms with Crippen molar-refractivity contribution in [3.8, 4) is 57.5 Å². The maximum Gasteiger partial charge on any atom is 0.421 e. The zero-order chi connectivity index (χ0) is 104. The predicted octanol–water partition coefficient (Wildman–Crippen LogP) is 11.0. The zero-order valence-corrected chi connectivity index (χ0v) is 86.7. The Morgan fingerprint density at radius 3 is 0.979 bits per heavy atom. The molecule has 5 unspecified atom stereocenters. The number of H-pyrrole nitrogens is 4. The lowest BCUT2D eigenvalue weighted by molar-refractivity contribution is 0.281. The molecular weight excluding hydrogens is 2050 g/mol. The number of hydrogen-bond acceptors (Lipinski definition) is 32. The number of halogens is 3. The van der Waals surface area contributed by atoms with Crippen LogP contribution in [0.15, 0.2) is 185 Å². The molecule has 0 spiro atoms. The first-order valence-corrected chi connectivity index (χ1v) is 55.6. The molecule has 0 bridgehead atoms. The number of benzene rings is 5. The topological polar surface area (TPSA) is 534 Å². The molecule has 10 aromatic heterocycles. The van der Waals surface area contributed by atoms with Gasteiger partial charge in [0.05, 0.1) is 167 Å². The molecule has 143 heavy (non-hydrogen) atoms. The lowest BCUT2D eigenvalue weighted by Gasteiger charge is -2.20. The quantitative estimate of drug-likeness (QED) is 0.0241. The van der Waals surface area contributed by atoms with E-state index >= 15 is 0 Å². The first kappa shape index (κ1) is 108. The summed E-state index contributed by atoms with van der Waals surface area (Å²) >= 11 is 9.23. The Balaban J connectivity index is 0.000000160. The standard InChI is InChI=1S/C21H25N3O5S.C19H23N3O6S.C18H19BrN2O6S.C18H20ClN3O5S.C18H20FN3O5S/c1-4-29-19-10-14(7-8-18(19)28-2)17(12-30(3,26)27)24-20-16(23-21(24)25)9-15(11-22-20)13-5-6-13;1-4-28-17-8-13(5-6-16(17)27-2)15(11-29(3,25)26)22-18-14(21-19(22)24)7-12(10-23)9-20-18;1-4-26-15-7-11(5-6-14(15)25-2)13(10-28(3,23)24)21-17-16(27-18(21)22)8-12(19)9-20-17;2*1-4-27-16-7-11(5-6-15(16)26-2)14(10-28(3,24)25)22-17-13(21-18(22)23)8-12(19)9-20-17/h7-11,13,17H,4-6,12H2,1-3H3,(H,23,25);5-9,15,23H,4,10-11H2,1-3H3,(H,21,24);5-9,13H,4,10H2,1-3H3;2*5-9,14H,4,10H2,1-3H3,(H,21,23). The first-order valence-electron chi connectivity index (χ1n) is 44.2. The number of aliphatic hydroxyl groups is 1. The van der Waals surface area contributed by atoms with Gasteiger partial charge in [0.1, 0.15) is 55.0 Å². The highest BCUT2D eigenvalue weighted by molar-refractivity contribution is 9.10. The number of methoxy groups -OCH3 is 5. The van der Waals surface area contributed by atoms with Crippen LogP contribution < -0.4 is 75.9 Å². The Hall–Kier alpha value is -13.4. The van der Waals surface area contributed by atoms with E-state index in [4.69, 9.17) is 63.4 Å². The molecule has 16 rings (SSSR count). The molecule has 1 saturated carbocycles. The van der Waals surface area contributed by atoms with E-state index in [9.17, 15) is 75.6 Å². The van der Waals surface area contributed by atoms with Crippen LogP contribution in [0, 0.1) is 5.82 Å². The number of ether oxygens (including phenoxy) is 10. The Morgan fingerprint density at radius 2 is 0.671 bits per heavy atom. The minimum absolute atomic E-state index is 0.161. The summed E-state index contributed by atoms with van der Waals surface area (Å²) in [7, 11) is -9.63. The van der Waals surface area contributed by atoms with Gasteiger partial charge in [0.2, 0.25) is 0 Å². The van der Waals surface area contributed by atoms with Gasteiger partial charge >= 0.3 is 28.5 Å². The summed E-state index contributed by atoms with van der Waals surface area (Å²) in [6.45, 7) is 10.9. The van der Waals surface area contributed by atoms with E-state index in [-0.39, 0.29) is 57.8 Å². The number of aromatic amines is 4. The zero-order valence-electron chi connectivity index (χ0n) is 80.3. The Morgan fingerprint density at radius 1 is 0.385 bits per heavy atom. The molecule has 766 valence electrons. The summed E-state index contributed by atoms with van der Waals surface area (Å²) in [5.41, 5.74) is 5.89. The van der Waals surface area contributed by atoms with Gasteiger partial charge in [0, 0.05) is 72.7 Å². The van der Waals surface area contributed by atoms with Gasteiger partial charge < -0.3 is 76.8 Å². The van der Waals surface area contributed by atoms with Crippen molar-refractivity contribution in [2.75, 3.05) is 129 Å². The maximum absolute atomic E-state index is 13.5. The molecule has 5 aromatic carbocycles. The van der Waals surface area contributed by atoms with E-state index in [1.54, 1.807) is 115 Å². The minimum atomic E-state index is -3.48. The maximum atomic E-state index is 13.5. The number of rotatable bonds is 37. The highest BCUT2D eigenvalue weighted by Gasteiger charge is 2.34.